The zero-order valence-electron chi connectivity index (χ0n) is 11.5. The van der Waals surface area contributed by atoms with E-state index in [4.69, 9.17) is 16.3 Å². The van der Waals surface area contributed by atoms with Gasteiger partial charge in [-0.05, 0) is 23.6 Å². The van der Waals surface area contributed by atoms with Crippen molar-refractivity contribution in [2.24, 2.45) is 0 Å². The predicted octanol–water partition coefficient (Wildman–Crippen LogP) is 2.00. The Balaban J connectivity index is 2.39. The number of carbonyl (C=O) groups excluding carboxylic acids is 3. The van der Waals surface area contributed by atoms with Crippen molar-refractivity contribution < 1.29 is 23.9 Å². The molecule has 1 aromatic rings. The van der Waals surface area contributed by atoms with Crippen LogP contribution in [0.1, 0.15) is 18.4 Å². The standard InChI is InChI=1S/C14H16ClNO5/c1-20-13(18)11(16-14(15)19)7-8-12(17)21-9-10-5-3-2-4-6-10/h2-6,11H,7-9H2,1H3,(H,16,19)/t11-/m1/s1. The van der Waals surface area contributed by atoms with E-state index in [1.54, 1.807) is 0 Å². The minimum absolute atomic E-state index is 0.0379. The summed E-state index contributed by atoms with van der Waals surface area (Å²) in [6.07, 6.45) is 0.0164. The molecule has 0 aliphatic heterocycles. The lowest BCUT2D eigenvalue weighted by Gasteiger charge is -2.14. The average molecular weight is 314 g/mol. The normalized spacial score (nSPS) is 11.3. The Kier molecular flexibility index (Phi) is 7.25. The van der Waals surface area contributed by atoms with Gasteiger partial charge >= 0.3 is 17.3 Å². The molecule has 0 aromatic heterocycles. The maximum atomic E-state index is 11.6. The molecule has 0 bridgehead atoms. The molecule has 0 spiro atoms. The molecule has 7 heteroatoms. The van der Waals surface area contributed by atoms with Crippen LogP contribution in [0.15, 0.2) is 30.3 Å². The molecule has 0 fully saturated rings. The molecule has 6 nitrogen and oxygen atoms in total. The topological polar surface area (TPSA) is 81.7 Å². The zero-order chi connectivity index (χ0) is 15.7. The summed E-state index contributed by atoms with van der Waals surface area (Å²) < 4.78 is 9.57. The SMILES string of the molecule is COC(=O)[C@@H](CCC(=O)OCc1ccccc1)NC(=O)Cl. The quantitative estimate of drug-likeness (QED) is 0.473. The van der Waals surface area contributed by atoms with E-state index in [9.17, 15) is 14.4 Å². The van der Waals surface area contributed by atoms with E-state index >= 15 is 0 Å². The molecule has 0 aliphatic rings. The second-order valence-electron chi connectivity index (χ2n) is 4.18. The number of benzene rings is 1. The van der Waals surface area contributed by atoms with Crippen LogP contribution in [-0.4, -0.2) is 30.5 Å². The Labute approximate surface area is 127 Å². The number of nitrogens with one attached hydrogen (secondary N) is 1. The van der Waals surface area contributed by atoms with Crippen LogP contribution in [0.2, 0.25) is 0 Å². The lowest BCUT2D eigenvalue weighted by atomic mass is 10.1. The van der Waals surface area contributed by atoms with Gasteiger partial charge in [0.15, 0.2) is 0 Å². The maximum Gasteiger partial charge on any atom is 0.328 e. The second kappa shape index (κ2) is 8.97. The molecule has 1 atom stereocenters. The summed E-state index contributed by atoms with van der Waals surface area (Å²) in [5, 5.41) is 1.32. The van der Waals surface area contributed by atoms with Gasteiger partial charge in [-0.3, -0.25) is 9.59 Å². The fourth-order valence-electron chi connectivity index (χ4n) is 1.60. The smallest absolute Gasteiger partial charge is 0.328 e. The van der Waals surface area contributed by atoms with E-state index in [1.807, 2.05) is 30.3 Å². The first-order valence-corrected chi connectivity index (χ1v) is 6.64. The van der Waals surface area contributed by atoms with Crippen molar-refractivity contribution in [3.63, 3.8) is 0 Å². The van der Waals surface area contributed by atoms with Crippen molar-refractivity contribution in [3.05, 3.63) is 35.9 Å². The van der Waals surface area contributed by atoms with Crippen molar-refractivity contribution >= 4 is 28.9 Å². The molecule has 0 saturated carbocycles. The summed E-state index contributed by atoms with van der Waals surface area (Å²) in [4.78, 5) is 33.7. The van der Waals surface area contributed by atoms with Crippen molar-refractivity contribution in [2.45, 2.75) is 25.5 Å². The summed E-state index contributed by atoms with van der Waals surface area (Å²) in [5.74, 6) is -1.14. The van der Waals surface area contributed by atoms with E-state index in [0.717, 1.165) is 5.56 Å². The monoisotopic (exact) mass is 313 g/mol. The van der Waals surface area contributed by atoms with Crippen molar-refractivity contribution in [2.75, 3.05) is 7.11 Å². The third kappa shape index (κ3) is 6.76. The fourth-order valence-corrected chi connectivity index (χ4v) is 1.73. The van der Waals surface area contributed by atoms with E-state index in [2.05, 4.69) is 10.1 Å². The van der Waals surface area contributed by atoms with Crippen molar-refractivity contribution in [1.82, 2.24) is 5.32 Å². The van der Waals surface area contributed by atoms with E-state index in [1.165, 1.54) is 7.11 Å². The summed E-state index contributed by atoms with van der Waals surface area (Å²) in [7, 11) is 1.18. The maximum absolute atomic E-state index is 11.6. The van der Waals surface area contributed by atoms with Gasteiger partial charge in [0.05, 0.1) is 7.11 Å². The van der Waals surface area contributed by atoms with Crippen LogP contribution in [0.4, 0.5) is 4.79 Å². The molecular formula is C14H16ClNO5. The Morgan fingerprint density at radius 1 is 1.24 bits per heavy atom. The molecule has 0 radical (unpaired) electrons. The molecule has 1 rings (SSSR count). The van der Waals surface area contributed by atoms with E-state index in [-0.39, 0.29) is 19.4 Å². The van der Waals surface area contributed by atoms with Gasteiger partial charge < -0.3 is 14.8 Å². The number of carbonyl (C=O) groups is 3. The van der Waals surface area contributed by atoms with Crippen LogP contribution in [0.5, 0.6) is 0 Å². The number of methoxy groups -OCH3 is 1. The van der Waals surface area contributed by atoms with Gasteiger partial charge in [-0.15, -0.1) is 0 Å². The zero-order valence-corrected chi connectivity index (χ0v) is 12.3. The van der Waals surface area contributed by atoms with Gasteiger partial charge in [0.2, 0.25) is 0 Å². The molecule has 0 saturated heterocycles. The highest BCUT2D eigenvalue weighted by Gasteiger charge is 2.22. The summed E-state index contributed by atoms with van der Waals surface area (Å²) in [6.45, 7) is 0.157. The summed E-state index contributed by atoms with van der Waals surface area (Å²) in [6, 6.07) is 8.24. The molecule has 1 aromatic carbocycles. The number of amides is 1. The van der Waals surface area contributed by atoms with Gasteiger partial charge in [0.25, 0.3) is 0 Å². The predicted molar refractivity (Wildman–Crippen MR) is 75.7 cm³/mol. The first-order chi connectivity index (χ1) is 10.0. The fraction of sp³-hybridized carbons (Fsp3) is 0.357. The van der Waals surface area contributed by atoms with Crippen LogP contribution in [0, 0.1) is 0 Å². The van der Waals surface area contributed by atoms with Crippen LogP contribution in [0.25, 0.3) is 0 Å². The number of halogens is 1. The van der Waals surface area contributed by atoms with Crippen LogP contribution >= 0.6 is 11.6 Å². The van der Waals surface area contributed by atoms with Crippen molar-refractivity contribution in [1.29, 1.82) is 0 Å². The first-order valence-electron chi connectivity index (χ1n) is 6.26. The molecule has 0 heterocycles. The molecule has 0 unspecified atom stereocenters. The summed E-state index contributed by atoms with van der Waals surface area (Å²) in [5.41, 5.74) is 0.865. The van der Waals surface area contributed by atoms with Gasteiger partial charge in [-0.2, -0.15) is 0 Å². The van der Waals surface area contributed by atoms with E-state index < -0.39 is 23.3 Å². The second-order valence-corrected chi connectivity index (χ2v) is 4.52. The Bertz CT molecular complexity index is 491. The number of esters is 2. The minimum atomic E-state index is -0.968. The third-order valence-corrected chi connectivity index (χ3v) is 2.76. The number of ether oxygens (including phenoxy) is 2. The van der Waals surface area contributed by atoms with Gasteiger partial charge in [-0.1, -0.05) is 30.3 Å². The lowest BCUT2D eigenvalue weighted by Crippen LogP contribution is -2.39. The minimum Gasteiger partial charge on any atom is -0.467 e. The van der Waals surface area contributed by atoms with Gasteiger partial charge in [0.1, 0.15) is 12.6 Å². The Morgan fingerprint density at radius 3 is 2.48 bits per heavy atom. The molecule has 21 heavy (non-hydrogen) atoms. The average Bonchev–Trinajstić information content (AvgIpc) is 2.49. The molecule has 1 amide bonds. The Hall–Kier alpha value is -2.08. The Morgan fingerprint density at radius 2 is 1.90 bits per heavy atom. The van der Waals surface area contributed by atoms with Gasteiger partial charge in [0, 0.05) is 6.42 Å². The lowest BCUT2D eigenvalue weighted by molar-refractivity contribution is -0.146. The summed E-state index contributed by atoms with van der Waals surface area (Å²) >= 11 is 5.16. The number of rotatable bonds is 7. The largest absolute Gasteiger partial charge is 0.467 e. The van der Waals surface area contributed by atoms with Gasteiger partial charge in [-0.25, -0.2) is 4.79 Å². The van der Waals surface area contributed by atoms with Crippen LogP contribution < -0.4 is 5.32 Å². The van der Waals surface area contributed by atoms with Crippen molar-refractivity contribution in [3.8, 4) is 0 Å². The van der Waals surface area contributed by atoms with Crippen LogP contribution in [0.3, 0.4) is 0 Å². The molecule has 0 aliphatic carbocycles. The molecular weight excluding hydrogens is 298 g/mol. The highest BCUT2D eigenvalue weighted by atomic mass is 35.5. The number of hydrogen-bond donors (Lipinski definition) is 1. The molecule has 114 valence electrons. The number of hydrogen-bond acceptors (Lipinski definition) is 5. The molecule has 1 N–H and O–H groups in total. The highest BCUT2D eigenvalue weighted by molar-refractivity contribution is 6.63. The first kappa shape index (κ1) is 17.0. The third-order valence-electron chi connectivity index (χ3n) is 2.65. The van der Waals surface area contributed by atoms with Crippen LogP contribution in [-0.2, 0) is 25.7 Å². The highest BCUT2D eigenvalue weighted by Crippen LogP contribution is 2.06. The van der Waals surface area contributed by atoms with E-state index in [0.29, 0.717) is 0 Å².